The van der Waals surface area contributed by atoms with Gasteiger partial charge in [-0.3, -0.25) is 0 Å². The summed E-state index contributed by atoms with van der Waals surface area (Å²) in [5, 5.41) is 9.05. The molecule has 0 aliphatic heterocycles. The molecule has 0 atom stereocenters. The molecule has 98 valence electrons. The van der Waals surface area contributed by atoms with Crippen LogP contribution in [0.1, 0.15) is 10.4 Å². The molecule has 0 bridgehead atoms. The van der Waals surface area contributed by atoms with E-state index < -0.39 is 11.8 Å². The molecule has 0 fully saturated rings. The molecule has 0 saturated heterocycles. The molecule has 2 rings (SSSR count). The third-order valence-corrected chi connectivity index (χ3v) is 3.00. The van der Waals surface area contributed by atoms with Crippen LogP contribution in [0.15, 0.2) is 40.9 Å². The van der Waals surface area contributed by atoms with Crippen molar-refractivity contribution in [3.05, 3.63) is 52.3 Å². The number of ether oxygens (including phenoxy) is 1. The normalized spacial score (nSPS) is 10.2. The number of hydrogen-bond donors (Lipinski definition) is 2. The summed E-state index contributed by atoms with van der Waals surface area (Å²) >= 11 is 3.02. The summed E-state index contributed by atoms with van der Waals surface area (Å²) < 4.78 is 19.0. The maximum absolute atomic E-state index is 13.3. The summed E-state index contributed by atoms with van der Waals surface area (Å²) in [5.41, 5.74) is 5.75. The Morgan fingerprint density at radius 1 is 1.26 bits per heavy atom. The predicted octanol–water partition coefficient (Wildman–Crippen LogP) is 3.66. The average molecular weight is 326 g/mol. The maximum Gasteiger partial charge on any atom is 0.339 e. The van der Waals surface area contributed by atoms with Crippen LogP contribution in [0.25, 0.3) is 0 Å². The van der Waals surface area contributed by atoms with Crippen LogP contribution < -0.4 is 10.5 Å². The molecular formula is C13H9BrFNO3. The molecule has 2 aromatic rings. The zero-order chi connectivity index (χ0) is 14.0. The Labute approximate surface area is 116 Å². The van der Waals surface area contributed by atoms with E-state index in [4.69, 9.17) is 15.6 Å². The lowest BCUT2D eigenvalue weighted by Gasteiger charge is -2.09. The van der Waals surface area contributed by atoms with Crippen molar-refractivity contribution in [1.82, 2.24) is 0 Å². The molecule has 0 aliphatic carbocycles. The van der Waals surface area contributed by atoms with Gasteiger partial charge in [-0.2, -0.15) is 0 Å². The second-order valence-corrected chi connectivity index (χ2v) is 4.59. The Hall–Kier alpha value is -2.08. The van der Waals surface area contributed by atoms with E-state index in [-0.39, 0.29) is 17.1 Å². The highest BCUT2D eigenvalue weighted by molar-refractivity contribution is 9.10. The van der Waals surface area contributed by atoms with Crippen molar-refractivity contribution in [2.24, 2.45) is 0 Å². The fourth-order valence-electron chi connectivity index (χ4n) is 1.47. The fraction of sp³-hybridized carbons (Fsp3) is 0. The number of nitrogen functional groups attached to an aromatic ring is 1. The van der Waals surface area contributed by atoms with Gasteiger partial charge in [-0.15, -0.1) is 0 Å². The van der Waals surface area contributed by atoms with Crippen molar-refractivity contribution in [3.8, 4) is 11.5 Å². The van der Waals surface area contributed by atoms with Gasteiger partial charge in [0.2, 0.25) is 0 Å². The summed E-state index contributed by atoms with van der Waals surface area (Å²) in [6.07, 6.45) is 0. The third kappa shape index (κ3) is 3.03. The zero-order valence-corrected chi connectivity index (χ0v) is 11.1. The molecule has 0 amide bonds. The first-order chi connectivity index (χ1) is 8.97. The molecule has 3 N–H and O–H groups in total. The number of nitrogens with two attached hydrogens (primary N) is 1. The van der Waals surface area contributed by atoms with E-state index in [1.54, 1.807) is 0 Å². The minimum absolute atomic E-state index is 0.0803. The van der Waals surface area contributed by atoms with Gasteiger partial charge in [-0.1, -0.05) is 0 Å². The van der Waals surface area contributed by atoms with Crippen LogP contribution in [0.2, 0.25) is 0 Å². The molecule has 0 unspecified atom stereocenters. The molecule has 0 aliphatic rings. The van der Waals surface area contributed by atoms with E-state index in [9.17, 15) is 9.18 Å². The van der Waals surface area contributed by atoms with Crippen LogP contribution >= 0.6 is 15.9 Å². The van der Waals surface area contributed by atoms with Crippen molar-refractivity contribution >= 4 is 27.6 Å². The molecular weight excluding hydrogens is 317 g/mol. The van der Waals surface area contributed by atoms with Crippen molar-refractivity contribution < 1.29 is 19.0 Å². The van der Waals surface area contributed by atoms with Gasteiger partial charge in [0.1, 0.15) is 22.9 Å². The lowest BCUT2D eigenvalue weighted by Crippen LogP contribution is -2.01. The van der Waals surface area contributed by atoms with Gasteiger partial charge in [0.25, 0.3) is 0 Å². The number of carboxylic acids is 1. The summed E-state index contributed by atoms with van der Waals surface area (Å²) in [6.45, 7) is 0. The van der Waals surface area contributed by atoms with Crippen LogP contribution in [-0.2, 0) is 0 Å². The molecule has 0 spiro atoms. The van der Waals surface area contributed by atoms with Gasteiger partial charge < -0.3 is 15.6 Å². The van der Waals surface area contributed by atoms with E-state index >= 15 is 0 Å². The van der Waals surface area contributed by atoms with Crippen LogP contribution in [0, 0.1) is 5.82 Å². The number of aromatic carboxylic acids is 1. The highest BCUT2D eigenvalue weighted by Crippen LogP contribution is 2.29. The highest BCUT2D eigenvalue weighted by Gasteiger charge is 2.13. The van der Waals surface area contributed by atoms with Crippen molar-refractivity contribution in [3.63, 3.8) is 0 Å². The lowest BCUT2D eigenvalue weighted by atomic mass is 10.2. The Bertz CT molecular complexity index is 646. The zero-order valence-electron chi connectivity index (χ0n) is 9.56. The van der Waals surface area contributed by atoms with E-state index in [0.29, 0.717) is 10.2 Å². The van der Waals surface area contributed by atoms with Gasteiger partial charge in [0.15, 0.2) is 0 Å². The van der Waals surface area contributed by atoms with E-state index in [1.165, 1.54) is 30.3 Å². The van der Waals surface area contributed by atoms with Crippen LogP contribution in [-0.4, -0.2) is 11.1 Å². The first-order valence-electron chi connectivity index (χ1n) is 5.23. The minimum atomic E-state index is -1.17. The number of carbonyl (C=O) groups is 1. The second-order valence-electron chi connectivity index (χ2n) is 3.74. The first-order valence-corrected chi connectivity index (χ1v) is 6.02. The monoisotopic (exact) mass is 325 g/mol. The Kier molecular flexibility index (Phi) is 3.71. The smallest absolute Gasteiger partial charge is 0.339 e. The molecule has 2 aromatic carbocycles. The number of benzene rings is 2. The summed E-state index contributed by atoms with van der Waals surface area (Å²) in [4.78, 5) is 11.1. The predicted molar refractivity (Wildman–Crippen MR) is 72.0 cm³/mol. The standard InChI is InChI=1S/C13H9BrFNO3/c14-10-3-2-8(6-11(10)15)19-12-4-1-7(16)5-9(12)13(17)18/h1-6H,16H2,(H,17,18). The molecule has 0 aromatic heterocycles. The van der Waals surface area contributed by atoms with Crippen molar-refractivity contribution in [2.75, 3.05) is 5.73 Å². The summed E-state index contributed by atoms with van der Waals surface area (Å²) in [5.74, 6) is -1.36. The van der Waals surface area contributed by atoms with Crippen LogP contribution in [0.4, 0.5) is 10.1 Å². The summed E-state index contributed by atoms with van der Waals surface area (Å²) in [6, 6.07) is 8.38. The van der Waals surface area contributed by atoms with Gasteiger partial charge in [0.05, 0.1) is 4.47 Å². The van der Waals surface area contributed by atoms with E-state index in [0.717, 1.165) is 6.07 Å². The number of carboxylic acid groups (broad SMARTS) is 1. The number of halogens is 2. The second kappa shape index (κ2) is 5.27. The van der Waals surface area contributed by atoms with Crippen LogP contribution in [0.5, 0.6) is 11.5 Å². The minimum Gasteiger partial charge on any atom is -0.478 e. The van der Waals surface area contributed by atoms with Crippen LogP contribution in [0.3, 0.4) is 0 Å². The number of hydrogen-bond acceptors (Lipinski definition) is 3. The number of anilines is 1. The van der Waals surface area contributed by atoms with E-state index in [1.807, 2.05) is 0 Å². The lowest BCUT2D eigenvalue weighted by molar-refractivity contribution is 0.0694. The topological polar surface area (TPSA) is 72.5 Å². The Balaban J connectivity index is 2.37. The van der Waals surface area contributed by atoms with E-state index in [2.05, 4.69) is 15.9 Å². The van der Waals surface area contributed by atoms with Gasteiger partial charge >= 0.3 is 5.97 Å². The third-order valence-electron chi connectivity index (χ3n) is 2.35. The van der Waals surface area contributed by atoms with Crippen molar-refractivity contribution in [2.45, 2.75) is 0 Å². The fourth-order valence-corrected chi connectivity index (χ4v) is 1.72. The summed E-state index contributed by atoms with van der Waals surface area (Å²) in [7, 11) is 0. The highest BCUT2D eigenvalue weighted by atomic mass is 79.9. The van der Waals surface area contributed by atoms with Gasteiger partial charge in [-0.05, 0) is 46.3 Å². The Morgan fingerprint density at radius 2 is 2.00 bits per heavy atom. The molecule has 4 nitrogen and oxygen atoms in total. The quantitative estimate of drug-likeness (QED) is 0.844. The molecule has 19 heavy (non-hydrogen) atoms. The SMILES string of the molecule is Nc1ccc(Oc2ccc(Br)c(F)c2)c(C(=O)O)c1. The molecule has 6 heteroatoms. The average Bonchev–Trinajstić information content (AvgIpc) is 2.36. The Morgan fingerprint density at radius 3 is 2.63 bits per heavy atom. The van der Waals surface area contributed by atoms with Crippen molar-refractivity contribution in [1.29, 1.82) is 0 Å². The van der Waals surface area contributed by atoms with Gasteiger partial charge in [-0.25, -0.2) is 9.18 Å². The van der Waals surface area contributed by atoms with Gasteiger partial charge in [0, 0.05) is 11.8 Å². The maximum atomic E-state index is 13.3. The molecule has 0 saturated carbocycles. The molecule has 0 heterocycles. The number of rotatable bonds is 3. The first kappa shape index (κ1) is 13.4. The largest absolute Gasteiger partial charge is 0.478 e. The molecule has 0 radical (unpaired) electrons.